The first-order chi connectivity index (χ1) is 8.54. The van der Waals surface area contributed by atoms with Crippen LogP contribution in [0.15, 0.2) is 17.3 Å². The lowest BCUT2D eigenvalue weighted by Crippen LogP contribution is -2.28. The molecule has 1 aromatic rings. The molecule has 1 aromatic heterocycles. The summed E-state index contributed by atoms with van der Waals surface area (Å²) in [5.74, 6) is 0.539. The van der Waals surface area contributed by atoms with Gasteiger partial charge in [0.15, 0.2) is 0 Å². The van der Waals surface area contributed by atoms with Gasteiger partial charge >= 0.3 is 0 Å². The molecule has 2 N–H and O–H groups in total. The van der Waals surface area contributed by atoms with Gasteiger partial charge in [-0.2, -0.15) is 5.10 Å². The minimum absolute atomic E-state index is 0.266. The number of nitrogens with two attached hydrogens (primary N) is 1. The van der Waals surface area contributed by atoms with Gasteiger partial charge in [-0.3, -0.25) is 4.68 Å². The van der Waals surface area contributed by atoms with Crippen molar-refractivity contribution in [2.45, 2.75) is 30.7 Å². The molecule has 1 fully saturated rings. The van der Waals surface area contributed by atoms with Gasteiger partial charge in [-0.05, 0) is 31.7 Å². The van der Waals surface area contributed by atoms with Crippen LogP contribution in [0.3, 0.4) is 0 Å². The Morgan fingerprint density at radius 3 is 2.89 bits per heavy atom. The zero-order valence-corrected chi connectivity index (χ0v) is 11.4. The maximum atomic E-state index is 12.2. The average Bonchev–Trinajstić information content (AvgIpc) is 3.01. The molecule has 0 aliphatic heterocycles. The van der Waals surface area contributed by atoms with Crippen molar-refractivity contribution in [1.29, 1.82) is 0 Å². The highest BCUT2D eigenvalue weighted by atomic mass is 32.2. The van der Waals surface area contributed by atoms with E-state index in [9.17, 15) is 8.42 Å². The molecular formula is C11H20N4O2S. The molecule has 1 heterocycles. The van der Waals surface area contributed by atoms with Crippen molar-refractivity contribution < 1.29 is 8.42 Å². The Labute approximate surface area is 108 Å². The standard InChI is InChI=1S/C11H20N4O2S/c1-14(8-10-3-4-10)18(16,17)11-7-13-15(9-11)6-2-5-12/h7,9-10H,2-6,8,12H2,1H3. The van der Waals surface area contributed by atoms with Crippen LogP contribution in [-0.2, 0) is 16.6 Å². The SMILES string of the molecule is CN(CC1CC1)S(=O)(=O)c1cnn(CCCN)c1. The van der Waals surface area contributed by atoms with E-state index in [1.165, 1.54) is 10.5 Å². The van der Waals surface area contributed by atoms with Crippen molar-refractivity contribution in [3.05, 3.63) is 12.4 Å². The van der Waals surface area contributed by atoms with Crippen LogP contribution in [0.4, 0.5) is 0 Å². The highest BCUT2D eigenvalue weighted by Gasteiger charge is 2.29. The van der Waals surface area contributed by atoms with Gasteiger partial charge in [0.2, 0.25) is 10.0 Å². The van der Waals surface area contributed by atoms with Crippen molar-refractivity contribution in [3.8, 4) is 0 Å². The highest BCUT2D eigenvalue weighted by Crippen LogP contribution is 2.30. The molecule has 0 amide bonds. The first kappa shape index (κ1) is 13.5. The van der Waals surface area contributed by atoms with Gasteiger partial charge in [0.05, 0.1) is 6.20 Å². The fraction of sp³-hybridized carbons (Fsp3) is 0.727. The summed E-state index contributed by atoms with van der Waals surface area (Å²) in [6.45, 7) is 1.83. The number of hydrogen-bond acceptors (Lipinski definition) is 4. The lowest BCUT2D eigenvalue weighted by atomic mass is 10.4. The summed E-state index contributed by atoms with van der Waals surface area (Å²) in [7, 11) is -1.75. The number of aryl methyl sites for hydroxylation is 1. The molecule has 102 valence electrons. The van der Waals surface area contributed by atoms with Gasteiger partial charge in [0.1, 0.15) is 4.90 Å². The maximum Gasteiger partial charge on any atom is 0.245 e. The van der Waals surface area contributed by atoms with E-state index in [0.29, 0.717) is 25.6 Å². The zero-order valence-electron chi connectivity index (χ0n) is 10.6. The second-order valence-corrected chi connectivity index (χ2v) is 6.86. The van der Waals surface area contributed by atoms with E-state index in [4.69, 9.17) is 5.73 Å². The summed E-state index contributed by atoms with van der Waals surface area (Å²) < 4.78 is 27.5. The minimum Gasteiger partial charge on any atom is -0.330 e. The highest BCUT2D eigenvalue weighted by molar-refractivity contribution is 7.89. The first-order valence-electron chi connectivity index (χ1n) is 6.23. The number of aromatic nitrogens is 2. The van der Waals surface area contributed by atoms with Crippen LogP contribution in [0.25, 0.3) is 0 Å². The van der Waals surface area contributed by atoms with Crippen molar-refractivity contribution in [3.63, 3.8) is 0 Å². The van der Waals surface area contributed by atoms with Gasteiger partial charge < -0.3 is 5.73 Å². The Kier molecular flexibility index (Phi) is 4.04. The molecule has 18 heavy (non-hydrogen) atoms. The van der Waals surface area contributed by atoms with Gasteiger partial charge in [0.25, 0.3) is 0 Å². The molecule has 0 saturated heterocycles. The molecule has 0 aromatic carbocycles. The largest absolute Gasteiger partial charge is 0.330 e. The molecule has 1 aliphatic carbocycles. The predicted molar refractivity (Wildman–Crippen MR) is 68.4 cm³/mol. The normalized spacial score (nSPS) is 16.4. The fourth-order valence-corrected chi connectivity index (χ4v) is 3.00. The van der Waals surface area contributed by atoms with E-state index in [1.807, 2.05) is 0 Å². The second kappa shape index (κ2) is 5.38. The summed E-state index contributed by atoms with van der Waals surface area (Å²) in [6.07, 6.45) is 6.05. The zero-order chi connectivity index (χ0) is 13.2. The van der Waals surface area contributed by atoms with E-state index in [-0.39, 0.29) is 4.90 Å². The number of hydrogen-bond donors (Lipinski definition) is 1. The summed E-state index contributed by atoms with van der Waals surface area (Å²) in [4.78, 5) is 0.266. The quantitative estimate of drug-likeness (QED) is 0.772. The third kappa shape index (κ3) is 3.09. The Hall–Kier alpha value is -0.920. The fourth-order valence-electron chi connectivity index (χ4n) is 1.80. The second-order valence-electron chi connectivity index (χ2n) is 4.81. The van der Waals surface area contributed by atoms with E-state index in [2.05, 4.69) is 5.10 Å². The average molecular weight is 272 g/mol. The molecule has 0 bridgehead atoms. The lowest BCUT2D eigenvalue weighted by Gasteiger charge is -2.15. The van der Waals surface area contributed by atoms with Gasteiger partial charge in [-0.25, -0.2) is 12.7 Å². The molecule has 0 atom stereocenters. The number of sulfonamides is 1. The topological polar surface area (TPSA) is 81.2 Å². The molecule has 1 aliphatic rings. The van der Waals surface area contributed by atoms with Crippen molar-refractivity contribution in [2.24, 2.45) is 11.7 Å². The van der Waals surface area contributed by atoms with Crippen LogP contribution in [-0.4, -0.2) is 42.6 Å². The summed E-state index contributed by atoms with van der Waals surface area (Å²) in [5, 5.41) is 4.05. The van der Waals surface area contributed by atoms with Gasteiger partial charge in [-0.1, -0.05) is 0 Å². The summed E-state index contributed by atoms with van der Waals surface area (Å²) in [6, 6.07) is 0. The lowest BCUT2D eigenvalue weighted by molar-refractivity contribution is 0.452. The summed E-state index contributed by atoms with van der Waals surface area (Å²) in [5.41, 5.74) is 5.41. The minimum atomic E-state index is -3.38. The van der Waals surface area contributed by atoms with Gasteiger partial charge in [-0.15, -0.1) is 0 Å². The molecule has 1 saturated carbocycles. The molecule has 0 spiro atoms. The van der Waals surface area contributed by atoms with Crippen molar-refractivity contribution >= 4 is 10.0 Å². The van der Waals surface area contributed by atoms with Crippen molar-refractivity contribution in [2.75, 3.05) is 20.1 Å². The van der Waals surface area contributed by atoms with E-state index < -0.39 is 10.0 Å². The Bertz CT molecular complexity index is 493. The van der Waals surface area contributed by atoms with Crippen LogP contribution in [0.2, 0.25) is 0 Å². The van der Waals surface area contributed by atoms with Crippen LogP contribution >= 0.6 is 0 Å². The van der Waals surface area contributed by atoms with E-state index in [1.54, 1.807) is 17.9 Å². The van der Waals surface area contributed by atoms with Crippen LogP contribution < -0.4 is 5.73 Å². The molecule has 7 heteroatoms. The van der Waals surface area contributed by atoms with Crippen LogP contribution in [0.5, 0.6) is 0 Å². The molecule has 6 nitrogen and oxygen atoms in total. The Balaban J connectivity index is 2.05. The third-order valence-corrected chi connectivity index (χ3v) is 4.90. The molecule has 0 radical (unpaired) electrons. The maximum absolute atomic E-state index is 12.2. The Morgan fingerprint density at radius 2 is 2.28 bits per heavy atom. The molecular weight excluding hydrogens is 252 g/mol. The smallest absolute Gasteiger partial charge is 0.245 e. The van der Waals surface area contributed by atoms with Crippen LogP contribution in [0.1, 0.15) is 19.3 Å². The third-order valence-electron chi connectivity index (χ3n) is 3.12. The van der Waals surface area contributed by atoms with E-state index in [0.717, 1.165) is 19.3 Å². The van der Waals surface area contributed by atoms with E-state index >= 15 is 0 Å². The number of nitrogens with zero attached hydrogens (tertiary/aromatic N) is 3. The van der Waals surface area contributed by atoms with Gasteiger partial charge in [0, 0.05) is 26.3 Å². The van der Waals surface area contributed by atoms with Crippen molar-refractivity contribution in [1.82, 2.24) is 14.1 Å². The number of rotatable bonds is 7. The van der Waals surface area contributed by atoms with Crippen LogP contribution in [0, 0.1) is 5.92 Å². The monoisotopic (exact) mass is 272 g/mol. The summed E-state index contributed by atoms with van der Waals surface area (Å²) >= 11 is 0. The predicted octanol–water partition coefficient (Wildman–Crippen LogP) is 0.262. The molecule has 0 unspecified atom stereocenters. The molecule has 2 rings (SSSR count). The Morgan fingerprint density at radius 1 is 1.56 bits per heavy atom. The first-order valence-corrected chi connectivity index (χ1v) is 7.67.